The normalized spacial score (nSPS) is 9.62. The lowest BCUT2D eigenvalue weighted by Gasteiger charge is -1.95. The van der Waals surface area contributed by atoms with Crippen LogP contribution in [0.5, 0.6) is 0 Å². The third-order valence-corrected chi connectivity index (χ3v) is 1.48. The van der Waals surface area contributed by atoms with Gasteiger partial charge in [0.25, 0.3) is 11.4 Å². The van der Waals surface area contributed by atoms with E-state index in [0.717, 1.165) is 6.07 Å². The Kier molecular flexibility index (Phi) is 2.23. The first-order valence-electron chi connectivity index (χ1n) is 3.27. The zero-order valence-electron chi connectivity index (χ0n) is 6.47. The molecule has 1 aromatic carbocycles. The number of nitrogens with zero attached hydrogens (tertiary/aromatic N) is 2. The molecule has 0 aliphatic carbocycles. The lowest BCUT2D eigenvalue weighted by atomic mass is 10.2. The Hall–Kier alpha value is -1.98. The van der Waals surface area contributed by atoms with Gasteiger partial charge in [-0.1, -0.05) is 0 Å². The molecule has 0 heterocycles. The van der Waals surface area contributed by atoms with Crippen LogP contribution in [0.25, 0.3) is 0 Å². The minimum absolute atomic E-state index is 0.163. The van der Waals surface area contributed by atoms with Crippen LogP contribution in [0.15, 0.2) is 18.2 Å². The summed E-state index contributed by atoms with van der Waals surface area (Å²) >= 11 is 0. The van der Waals surface area contributed by atoms with E-state index in [0.29, 0.717) is 0 Å². The second-order valence-electron chi connectivity index (χ2n) is 2.33. The number of hydrogen-bond donors (Lipinski definition) is 0. The Bertz CT molecular complexity index is 375. The number of hydrogen-bond acceptors (Lipinski definition) is 4. The first kappa shape index (κ1) is 9.11. The van der Waals surface area contributed by atoms with Gasteiger partial charge in [-0.2, -0.15) is 0 Å². The molecule has 1 rings (SSSR count). The van der Waals surface area contributed by atoms with E-state index in [4.69, 9.17) is 0 Å². The van der Waals surface area contributed by atoms with E-state index in [1.165, 1.54) is 12.1 Å². The molecule has 0 aliphatic rings. The van der Waals surface area contributed by atoms with Gasteiger partial charge in [-0.05, 0) is 13.0 Å². The minimum atomic E-state index is -0.699. The summed E-state index contributed by atoms with van der Waals surface area (Å²) in [4.78, 5) is 19.2. The molecule has 1 radical (unpaired) electrons. The molecule has 6 nitrogen and oxygen atoms in total. The summed E-state index contributed by atoms with van der Waals surface area (Å²) in [5, 5.41) is 20.6. The highest BCUT2D eigenvalue weighted by Gasteiger charge is 2.15. The second-order valence-corrected chi connectivity index (χ2v) is 2.33. The topological polar surface area (TPSA) is 86.3 Å². The van der Waals surface area contributed by atoms with Crippen molar-refractivity contribution in [3.05, 3.63) is 50.9 Å². The molecule has 0 aliphatic heterocycles. The Balaban J connectivity index is 3.27. The van der Waals surface area contributed by atoms with Gasteiger partial charge in [0, 0.05) is 11.6 Å². The molecular weight excluding hydrogens is 176 g/mol. The molecule has 0 N–H and O–H groups in total. The maximum absolute atomic E-state index is 10.3. The number of benzene rings is 1. The van der Waals surface area contributed by atoms with Gasteiger partial charge < -0.3 is 0 Å². The van der Waals surface area contributed by atoms with Crippen LogP contribution in [0.2, 0.25) is 0 Å². The standard InChI is InChI=1S/C7H5N2O4/c1-5-2-3-6(8(10)11)4-7(5)9(12)13/h2-4H,1H2. The van der Waals surface area contributed by atoms with E-state index in [1.54, 1.807) is 0 Å². The molecule has 0 saturated heterocycles. The summed E-state index contributed by atoms with van der Waals surface area (Å²) in [5.41, 5.74) is -0.482. The lowest BCUT2D eigenvalue weighted by Crippen LogP contribution is -1.94. The van der Waals surface area contributed by atoms with Crippen molar-refractivity contribution >= 4 is 11.4 Å². The predicted octanol–water partition coefficient (Wildman–Crippen LogP) is 1.69. The van der Waals surface area contributed by atoms with Gasteiger partial charge in [0.05, 0.1) is 15.9 Å². The second kappa shape index (κ2) is 3.18. The molecule has 0 aromatic heterocycles. The first-order valence-corrected chi connectivity index (χ1v) is 3.27. The Morgan fingerprint density at radius 3 is 2.23 bits per heavy atom. The van der Waals surface area contributed by atoms with Gasteiger partial charge in [-0.25, -0.2) is 0 Å². The van der Waals surface area contributed by atoms with Crippen LogP contribution >= 0.6 is 0 Å². The summed E-state index contributed by atoms with van der Waals surface area (Å²) in [6, 6.07) is 3.31. The number of rotatable bonds is 2. The van der Waals surface area contributed by atoms with Crippen LogP contribution < -0.4 is 0 Å². The molecule has 0 fully saturated rings. The van der Waals surface area contributed by atoms with Crippen LogP contribution in [0, 0.1) is 27.2 Å². The third kappa shape index (κ3) is 1.78. The number of nitro groups is 2. The van der Waals surface area contributed by atoms with Gasteiger partial charge in [-0.15, -0.1) is 0 Å². The van der Waals surface area contributed by atoms with Crippen LogP contribution in [-0.2, 0) is 0 Å². The molecule has 67 valence electrons. The highest BCUT2D eigenvalue weighted by molar-refractivity contribution is 5.50. The summed E-state index contributed by atoms with van der Waals surface area (Å²) in [5.74, 6) is 0. The van der Waals surface area contributed by atoms with Crippen LogP contribution in [0.4, 0.5) is 11.4 Å². The van der Waals surface area contributed by atoms with E-state index in [1.807, 2.05) is 0 Å². The van der Waals surface area contributed by atoms with Crippen molar-refractivity contribution in [2.24, 2.45) is 0 Å². The predicted molar refractivity (Wildman–Crippen MR) is 44.2 cm³/mol. The molecule has 0 bridgehead atoms. The molecule has 0 atom stereocenters. The summed E-state index contributed by atoms with van der Waals surface area (Å²) in [7, 11) is 0. The smallest absolute Gasteiger partial charge is 0.258 e. The summed E-state index contributed by atoms with van der Waals surface area (Å²) in [6.07, 6.45) is 0. The molecule has 0 unspecified atom stereocenters. The Morgan fingerprint density at radius 1 is 1.15 bits per heavy atom. The van der Waals surface area contributed by atoms with E-state index in [-0.39, 0.29) is 16.9 Å². The third-order valence-electron chi connectivity index (χ3n) is 1.48. The highest BCUT2D eigenvalue weighted by Crippen LogP contribution is 2.23. The van der Waals surface area contributed by atoms with Crippen LogP contribution in [-0.4, -0.2) is 9.85 Å². The van der Waals surface area contributed by atoms with Crippen molar-refractivity contribution in [2.45, 2.75) is 0 Å². The molecule has 0 spiro atoms. The van der Waals surface area contributed by atoms with Crippen molar-refractivity contribution in [3.8, 4) is 0 Å². The Labute approximate surface area is 73.1 Å². The number of non-ortho nitro benzene ring substituents is 1. The van der Waals surface area contributed by atoms with Gasteiger partial charge in [0.15, 0.2) is 0 Å². The lowest BCUT2D eigenvalue weighted by molar-refractivity contribution is -0.394. The fourth-order valence-corrected chi connectivity index (χ4v) is 0.836. The zero-order chi connectivity index (χ0) is 10.0. The maximum Gasteiger partial charge on any atom is 0.279 e. The van der Waals surface area contributed by atoms with Gasteiger partial charge in [0.2, 0.25) is 0 Å². The van der Waals surface area contributed by atoms with Crippen molar-refractivity contribution in [3.63, 3.8) is 0 Å². The first-order chi connectivity index (χ1) is 6.02. The van der Waals surface area contributed by atoms with E-state index >= 15 is 0 Å². The van der Waals surface area contributed by atoms with Crippen LogP contribution in [0.1, 0.15) is 5.56 Å². The van der Waals surface area contributed by atoms with Gasteiger partial charge in [-0.3, -0.25) is 20.2 Å². The van der Waals surface area contributed by atoms with Gasteiger partial charge in [0.1, 0.15) is 0 Å². The fourth-order valence-electron chi connectivity index (χ4n) is 0.836. The van der Waals surface area contributed by atoms with Crippen molar-refractivity contribution in [1.29, 1.82) is 0 Å². The molecular formula is C7H5N2O4. The maximum atomic E-state index is 10.3. The highest BCUT2D eigenvalue weighted by atomic mass is 16.6. The SMILES string of the molecule is [CH2]c1ccc([N+](=O)[O-])cc1[N+](=O)[O-]. The van der Waals surface area contributed by atoms with E-state index in [9.17, 15) is 20.2 Å². The number of nitro benzene ring substituents is 2. The fraction of sp³-hybridized carbons (Fsp3) is 0. The minimum Gasteiger partial charge on any atom is -0.258 e. The molecule has 6 heteroatoms. The average Bonchev–Trinajstić information content (AvgIpc) is 2.04. The van der Waals surface area contributed by atoms with Crippen LogP contribution in [0.3, 0.4) is 0 Å². The molecule has 1 aromatic rings. The van der Waals surface area contributed by atoms with Crippen molar-refractivity contribution in [2.75, 3.05) is 0 Å². The van der Waals surface area contributed by atoms with Gasteiger partial charge >= 0.3 is 0 Å². The largest absolute Gasteiger partial charge is 0.279 e. The van der Waals surface area contributed by atoms with E-state index in [2.05, 4.69) is 6.92 Å². The van der Waals surface area contributed by atoms with E-state index < -0.39 is 9.85 Å². The molecule has 13 heavy (non-hydrogen) atoms. The monoisotopic (exact) mass is 181 g/mol. The Morgan fingerprint density at radius 2 is 1.77 bits per heavy atom. The zero-order valence-corrected chi connectivity index (χ0v) is 6.47. The molecule has 0 amide bonds. The summed E-state index contributed by atoms with van der Waals surface area (Å²) < 4.78 is 0. The quantitative estimate of drug-likeness (QED) is 0.513. The average molecular weight is 181 g/mol. The van der Waals surface area contributed by atoms with Crippen molar-refractivity contribution in [1.82, 2.24) is 0 Å². The van der Waals surface area contributed by atoms with Crippen molar-refractivity contribution < 1.29 is 9.85 Å². The summed E-state index contributed by atoms with van der Waals surface area (Å²) in [6.45, 7) is 3.38. The molecule has 0 saturated carbocycles.